The van der Waals surface area contributed by atoms with Gasteiger partial charge in [0.15, 0.2) is 0 Å². The molecule has 1 aromatic carbocycles. The zero-order chi connectivity index (χ0) is 18.3. The van der Waals surface area contributed by atoms with Gasteiger partial charge in [-0.05, 0) is 44.9 Å². The average Bonchev–Trinajstić information content (AvgIpc) is 2.53. The van der Waals surface area contributed by atoms with Crippen LogP contribution in [0.1, 0.15) is 39.7 Å². The molecule has 0 fully saturated rings. The number of methoxy groups -OCH3 is 1. The highest BCUT2D eigenvalue weighted by Crippen LogP contribution is 2.18. The number of ether oxygens (including phenoxy) is 1. The minimum absolute atomic E-state index is 0.0398. The number of carbonyl (C=O) groups is 1. The molecular formula is C17H27NO5S. The van der Waals surface area contributed by atoms with Crippen molar-refractivity contribution >= 4 is 16.0 Å². The summed E-state index contributed by atoms with van der Waals surface area (Å²) in [5, 5.41) is -0.607. The quantitative estimate of drug-likeness (QED) is 0.635. The summed E-state index contributed by atoms with van der Waals surface area (Å²) in [6.45, 7) is 7.61. The molecule has 0 aromatic heterocycles. The Morgan fingerprint density at radius 1 is 1.17 bits per heavy atom. The number of hydrogen-bond donors (Lipinski definition) is 0. The van der Waals surface area contributed by atoms with E-state index in [4.69, 9.17) is 8.92 Å². The summed E-state index contributed by atoms with van der Waals surface area (Å²) in [7, 11) is -2.11. The van der Waals surface area contributed by atoms with E-state index in [-0.39, 0.29) is 24.3 Å². The highest BCUT2D eigenvalue weighted by molar-refractivity contribution is 7.87. The largest absolute Gasteiger partial charge is 0.382 e. The Labute approximate surface area is 144 Å². The molecule has 0 bridgehead atoms. The van der Waals surface area contributed by atoms with E-state index in [0.717, 1.165) is 12.0 Å². The van der Waals surface area contributed by atoms with Crippen molar-refractivity contribution in [2.45, 2.75) is 52.0 Å². The molecule has 0 aliphatic carbocycles. The molecule has 1 atom stereocenters. The van der Waals surface area contributed by atoms with Crippen LogP contribution in [0.5, 0.6) is 5.75 Å². The predicted molar refractivity (Wildman–Crippen MR) is 93.3 cm³/mol. The molecule has 0 saturated heterocycles. The SMILES string of the molecule is CC[C@H](C)N(Cc1ccc(OS(=O)(=O)C(C)C)cc1)C(=O)COC. The van der Waals surface area contributed by atoms with Crippen LogP contribution in [0.3, 0.4) is 0 Å². The van der Waals surface area contributed by atoms with Gasteiger partial charge < -0.3 is 13.8 Å². The Bertz CT molecular complexity index is 625. The number of nitrogens with zero attached hydrogens (tertiary/aromatic N) is 1. The predicted octanol–water partition coefficient (Wildman–Crippen LogP) is 2.58. The Morgan fingerprint density at radius 3 is 2.21 bits per heavy atom. The maximum absolute atomic E-state index is 12.2. The third-order valence-electron chi connectivity index (χ3n) is 3.78. The number of rotatable bonds is 9. The fraction of sp³-hybridized carbons (Fsp3) is 0.588. The summed E-state index contributed by atoms with van der Waals surface area (Å²) in [4.78, 5) is 13.9. The summed E-state index contributed by atoms with van der Waals surface area (Å²) in [5.74, 6) is 0.195. The molecule has 0 aliphatic heterocycles. The van der Waals surface area contributed by atoms with E-state index in [1.54, 1.807) is 43.0 Å². The van der Waals surface area contributed by atoms with Gasteiger partial charge in [0.1, 0.15) is 12.4 Å². The van der Waals surface area contributed by atoms with Crippen LogP contribution in [0.15, 0.2) is 24.3 Å². The van der Waals surface area contributed by atoms with E-state index in [1.165, 1.54) is 7.11 Å². The Balaban J connectivity index is 2.85. The average molecular weight is 357 g/mol. The fourth-order valence-electron chi connectivity index (χ4n) is 1.99. The lowest BCUT2D eigenvalue weighted by Crippen LogP contribution is -2.39. The van der Waals surface area contributed by atoms with Crippen LogP contribution in [-0.4, -0.2) is 44.2 Å². The van der Waals surface area contributed by atoms with Crippen LogP contribution in [0.25, 0.3) is 0 Å². The van der Waals surface area contributed by atoms with Gasteiger partial charge in [0.25, 0.3) is 0 Å². The molecule has 136 valence electrons. The molecule has 1 amide bonds. The third kappa shape index (κ3) is 5.79. The highest BCUT2D eigenvalue weighted by Gasteiger charge is 2.20. The Kier molecular flexibility index (Phi) is 7.69. The van der Waals surface area contributed by atoms with Gasteiger partial charge in [0, 0.05) is 19.7 Å². The van der Waals surface area contributed by atoms with E-state index in [9.17, 15) is 13.2 Å². The van der Waals surface area contributed by atoms with Crippen molar-refractivity contribution in [1.82, 2.24) is 4.90 Å². The lowest BCUT2D eigenvalue weighted by Gasteiger charge is -2.28. The number of carbonyl (C=O) groups excluding carboxylic acids is 1. The maximum Gasteiger partial charge on any atom is 0.311 e. The van der Waals surface area contributed by atoms with Crippen LogP contribution in [0.2, 0.25) is 0 Å². The van der Waals surface area contributed by atoms with Gasteiger partial charge in [-0.3, -0.25) is 4.79 Å². The monoisotopic (exact) mass is 357 g/mol. The lowest BCUT2D eigenvalue weighted by molar-refractivity contribution is -0.138. The standard InChI is InChI=1S/C17H27NO5S/c1-6-14(4)18(17(19)12-22-5)11-15-7-9-16(10-8-15)23-24(20,21)13(2)3/h7-10,13-14H,6,11-12H2,1-5H3/t14-/m0/s1. The fourth-order valence-corrected chi connectivity index (χ4v) is 2.57. The summed E-state index contributed by atoms with van der Waals surface area (Å²) in [6, 6.07) is 6.82. The molecule has 24 heavy (non-hydrogen) atoms. The van der Waals surface area contributed by atoms with Crippen LogP contribution < -0.4 is 4.18 Å². The summed E-state index contributed by atoms with van der Waals surface area (Å²) < 4.78 is 33.5. The van der Waals surface area contributed by atoms with Crippen molar-refractivity contribution in [3.8, 4) is 5.75 Å². The first kappa shape index (κ1) is 20.4. The molecule has 0 heterocycles. The molecule has 6 nitrogen and oxygen atoms in total. The zero-order valence-electron chi connectivity index (χ0n) is 15.0. The van der Waals surface area contributed by atoms with Gasteiger partial charge in [0.2, 0.25) is 5.91 Å². The summed E-state index contributed by atoms with van der Waals surface area (Å²) >= 11 is 0. The van der Waals surface area contributed by atoms with Crippen molar-refractivity contribution in [1.29, 1.82) is 0 Å². The molecule has 0 spiro atoms. The third-order valence-corrected chi connectivity index (χ3v) is 5.36. The molecule has 1 aromatic rings. The molecule has 1 rings (SSSR count). The number of hydrogen-bond acceptors (Lipinski definition) is 5. The molecule has 0 unspecified atom stereocenters. The van der Waals surface area contributed by atoms with Crippen LogP contribution >= 0.6 is 0 Å². The van der Waals surface area contributed by atoms with E-state index < -0.39 is 15.4 Å². The minimum Gasteiger partial charge on any atom is -0.382 e. The van der Waals surface area contributed by atoms with Crippen LogP contribution in [0, 0.1) is 0 Å². The first-order valence-electron chi connectivity index (χ1n) is 8.01. The van der Waals surface area contributed by atoms with E-state index in [1.807, 2.05) is 13.8 Å². The van der Waals surface area contributed by atoms with Gasteiger partial charge in [-0.15, -0.1) is 0 Å². The van der Waals surface area contributed by atoms with Crippen molar-refractivity contribution in [3.63, 3.8) is 0 Å². The van der Waals surface area contributed by atoms with Gasteiger partial charge >= 0.3 is 10.1 Å². The minimum atomic E-state index is -3.61. The second-order valence-corrected chi connectivity index (χ2v) is 8.08. The van der Waals surface area contributed by atoms with Crippen molar-refractivity contribution in [2.24, 2.45) is 0 Å². The van der Waals surface area contributed by atoms with Gasteiger partial charge in [-0.25, -0.2) is 0 Å². The second kappa shape index (κ2) is 9.03. The maximum atomic E-state index is 12.2. The topological polar surface area (TPSA) is 72.9 Å². The summed E-state index contributed by atoms with van der Waals surface area (Å²) in [6.07, 6.45) is 0.837. The van der Waals surface area contributed by atoms with E-state index in [2.05, 4.69) is 0 Å². The van der Waals surface area contributed by atoms with E-state index in [0.29, 0.717) is 6.54 Å². The summed E-state index contributed by atoms with van der Waals surface area (Å²) in [5.41, 5.74) is 0.897. The Morgan fingerprint density at radius 2 is 1.75 bits per heavy atom. The molecule has 7 heteroatoms. The molecular weight excluding hydrogens is 330 g/mol. The molecule has 0 saturated carbocycles. The van der Waals surface area contributed by atoms with Gasteiger partial charge in [0.05, 0.1) is 5.25 Å². The molecule has 0 radical (unpaired) electrons. The van der Waals surface area contributed by atoms with E-state index >= 15 is 0 Å². The highest BCUT2D eigenvalue weighted by atomic mass is 32.2. The van der Waals surface area contributed by atoms with Crippen LogP contribution in [0.4, 0.5) is 0 Å². The molecule has 0 N–H and O–H groups in total. The van der Waals surface area contributed by atoms with Gasteiger partial charge in [-0.2, -0.15) is 8.42 Å². The second-order valence-electron chi connectivity index (χ2n) is 5.98. The Hall–Kier alpha value is -1.60. The lowest BCUT2D eigenvalue weighted by atomic mass is 10.1. The molecule has 0 aliphatic rings. The zero-order valence-corrected chi connectivity index (χ0v) is 15.8. The van der Waals surface area contributed by atoms with Gasteiger partial charge in [-0.1, -0.05) is 19.1 Å². The number of amides is 1. The van der Waals surface area contributed by atoms with Crippen molar-refractivity contribution in [2.75, 3.05) is 13.7 Å². The first-order valence-corrected chi connectivity index (χ1v) is 9.49. The number of benzene rings is 1. The first-order chi connectivity index (χ1) is 11.2. The van der Waals surface area contributed by atoms with Crippen molar-refractivity contribution < 1.29 is 22.1 Å². The smallest absolute Gasteiger partial charge is 0.311 e. The van der Waals surface area contributed by atoms with Crippen LogP contribution in [-0.2, 0) is 26.2 Å². The normalized spacial score (nSPS) is 12.9. The van der Waals surface area contributed by atoms with Crippen molar-refractivity contribution in [3.05, 3.63) is 29.8 Å².